The van der Waals surface area contributed by atoms with Gasteiger partial charge in [-0.1, -0.05) is 31.6 Å². The molecule has 2 aromatic carbocycles. The molecule has 33 heavy (non-hydrogen) atoms. The molecule has 0 aliphatic heterocycles. The molecule has 182 valence electrons. The zero-order valence-electron chi connectivity index (χ0n) is 18.8. The molecule has 0 saturated carbocycles. The van der Waals surface area contributed by atoms with Crippen molar-refractivity contribution in [3.63, 3.8) is 0 Å². The van der Waals surface area contributed by atoms with E-state index in [1.54, 1.807) is 39.3 Å². The summed E-state index contributed by atoms with van der Waals surface area (Å²) in [4.78, 5) is 6.85. The highest BCUT2D eigenvalue weighted by Gasteiger charge is 2.65. The number of anilines is 2. The number of aryl methyl sites for hydroxylation is 1. The van der Waals surface area contributed by atoms with Crippen LogP contribution in [0.3, 0.4) is 0 Å². The second-order valence-electron chi connectivity index (χ2n) is 8.29. The van der Waals surface area contributed by atoms with Crippen molar-refractivity contribution in [3.8, 4) is 0 Å². The number of benzene rings is 2. The van der Waals surface area contributed by atoms with Gasteiger partial charge in [0.25, 0.3) is 0 Å². The molecule has 0 aliphatic rings. The second kappa shape index (κ2) is 7.56. The van der Waals surface area contributed by atoms with Crippen LogP contribution in [-0.2, 0) is 4.57 Å². The maximum atomic E-state index is 13.3. The predicted octanol–water partition coefficient (Wildman–Crippen LogP) is 7.45. The van der Waals surface area contributed by atoms with Crippen LogP contribution in [0.2, 0.25) is 0 Å². The summed E-state index contributed by atoms with van der Waals surface area (Å²) in [6.45, 7) is 8.98. The first-order chi connectivity index (χ1) is 14.9. The van der Waals surface area contributed by atoms with Gasteiger partial charge >= 0.3 is 10.2 Å². The van der Waals surface area contributed by atoms with Crippen LogP contribution in [0.1, 0.15) is 31.3 Å². The lowest BCUT2D eigenvalue weighted by atomic mass is 10.1. The monoisotopic (exact) mass is 508 g/mol. The summed E-state index contributed by atoms with van der Waals surface area (Å²) in [6.07, 6.45) is 0. The topological polar surface area (TPSA) is 66.9 Å². The third kappa shape index (κ3) is 5.76. The van der Waals surface area contributed by atoms with Gasteiger partial charge in [0.2, 0.25) is 0 Å². The van der Waals surface area contributed by atoms with Crippen LogP contribution in [0.5, 0.6) is 0 Å². The minimum absolute atomic E-state index is 0.0197. The molecule has 0 bridgehead atoms. The smallest absolute Gasteiger partial charge is 0.310 e. The summed E-state index contributed by atoms with van der Waals surface area (Å²) in [5.41, 5.74) is 1.25. The fraction of sp³-hybridized carbons (Fsp3) is 0.333. The highest BCUT2D eigenvalue weighted by molar-refractivity contribution is 8.45. The molecule has 12 heteroatoms. The van der Waals surface area contributed by atoms with Crippen molar-refractivity contribution < 1.29 is 24.0 Å². The lowest BCUT2D eigenvalue weighted by Crippen LogP contribution is -2.15. The quantitative estimate of drug-likeness (QED) is 0.256. The van der Waals surface area contributed by atoms with Crippen molar-refractivity contribution >= 4 is 45.1 Å². The Bertz CT molecular complexity index is 1280. The first-order valence-corrected chi connectivity index (χ1v) is 14.7. The molecule has 0 spiro atoms. The van der Waals surface area contributed by atoms with Gasteiger partial charge in [0.1, 0.15) is 23.7 Å². The average molecular weight is 508 g/mol. The van der Waals surface area contributed by atoms with Crippen molar-refractivity contribution in [2.24, 2.45) is 0 Å². The van der Waals surface area contributed by atoms with E-state index in [0.29, 0.717) is 52.2 Å². The van der Waals surface area contributed by atoms with Crippen molar-refractivity contribution in [2.45, 2.75) is 31.7 Å². The fourth-order valence-corrected chi connectivity index (χ4v) is 5.34. The largest absolute Gasteiger partial charge is 0.385 e. The Hall–Kier alpha value is -2.39. The number of fused-ring (bicyclic) bond motifs is 1. The lowest BCUT2D eigenvalue weighted by molar-refractivity contribution is 0.364. The molecule has 0 amide bonds. The first kappa shape index (κ1) is 25.2. The Labute approximate surface area is 189 Å². The molecule has 2 N–H and O–H groups in total. The third-order valence-electron chi connectivity index (χ3n) is 5.03. The van der Waals surface area contributed by atoms with Gasteiger partial charge in [-0.25, -0.2) is 9.97 Å². The highest BCUT2D eigenvalue weighted by atomic mass is 32.5. The Morgan fingerprint density at radius 3 is 2.30 bits per heavy atom. The molecule has 3 aromatic rings. The zero-order chi connectivity index (χ0) is 24.9. The number of hydrogen-bond donors (Lipinski definition) is 2. The summed E-state index contributed by atoms with van der Waals surface area (Å²) in [6, 6.07) is 5.79. The molecular formula is C21H26F5N4OPS. The fourth-order valence-electron chi connectivity index (χ4n) is 3.48. The summed E-state index contributed by atoms with van der Waals surface area (Å²) < 4.78 is 79.2. The van der Waals surface area contributed by atoms with Crippen LogP contribution in [0, 0.1) is 6.92 Å². The van der Waals surface area contributed by atoms with Gasteiger partial charge in [-0.3, -0.25) is 0 Å². The van der Waals surface area contributed by atoms with Crippen LogP contribution in [0.15, 0.2) is 41.3 Å². The molecule has 0 aliphatic carbocycles. The first-order valence-electron chi connectivity index (χ1n) is 10.1. The molecule has 1 aromatic heterocycles. The van der Waals surface area contributed by atoms with Crippen LogP contribution in [0.4, 0.5) is 30.9 Å². The van der Waals surface area contributed by atoms with Gasteiger partial charge in [0.15, 0.2) is 0 Å². The van der Waals surface area contributed by atoms with Crippen LogP contribution < -0.4 is 15.9 Å². The van der Waals surface area contributed by atoms with E-state index in [-0.39, 0.29) is 5.56 Å². The number of halogens is 5. The number of rotatable bonds is 7. The molecular weight excluding hydrogens is 482 g/mol. The van der Waals surface area contributed by atoms with E-state index in [9.17, 15) is 24.0 Å². The van der Waals surface area contributed by atoms with Crippen LogP contribution in [0.25, 0.3) is 10.9 Å². The molecule has 0 saturated heterocycles. The van der Waals surface area contributed by atoms with E-state index in [2.05, 4.69) is 20.6 Å². The average Bonchev–Trinajstić information content (AvgIpc) is 2.65. The summed E-state index contributed by atoms with van der Waals surface area (Å²) in [7, 11) is -12.5. The summed E-state index contributed by atoms with van der Waals surface area (Å²) in [5.74, 6) is 0.713. The van der Waals surface area contributed by atoms with Crippen molar-refractivity contribution in [1.29, 1.82) is 0 Å². The van der Waals surface area contributed by atoms with Gasteiger partial charge in [-0.2, -0.15) is 0 Å². The van der Waals surface area contributed by atoms with Gasteiger partial charge in [0.05, 0.1) is 11.6 Å². The van der Waals surface area contributed by atoms with Crippen molar-refractivity contribution in [2.75, 3.05) is 30.5 Å². The second-order valence-corrected chi connectivity index (χ2v) is 13.9. The highest BCUT2D eigenvalue weighted by Crippen LogP contribution is 3.02. The van der Waals surface area contributed by atoms with E-state index in [1.165, 1.54) is 6.07 Å². The van der Waals surface area contributed by atoms with Crippen molar-refractivity contribution in [3.05, 3.63) is 47.8 Å². The van der Waals surface area contributed by atoms with Gasteiger partial charge < -0.3 is 15.2 Å². The molecule has 0 fully saturated rings. The maximum absolute atomic E-state index is 13.3. The van der Waals surface area contributed by atoms with E-state index >= 15 is 0 Å². The molecule has 1 atom stereocenters. The predicted molar refractivity (Wildman–Crippen MR) is 127 cm³/mol. The Balaban J connectivity index is 2.11. The standard InChI is InChI=1S/C21H26F5N4OPS/c1-6-27-19-12-18-17(11-20(19)32(4,5)31)21(30-14(3)29-18)28-13(2)15-8-7-9-16(10-15)33(22,23,24,25)26/h7-13,27H,6H2,1-5H3,(H,28,29,30). The van der Waals surface area contributed by atoms with E-state index in [4.69, 9.17) is 0 Å². The number of nitrogens with zero attached hydrogens (tertiary/aromatic N) is 2. The molecule has 1 heterocycles. The lowest BCUT2D eigenvalue weighted by Gasteiger charge is -2.40. The van der Waals surface area contributed by atoms with Gasteiger partial charge in [-0.05, 0) is 63.9 Å². The Kier molecular flexibility index (Phi) is 5.78. The van der Waals surface area contributed by atoms with Crippen molar-refractivity contribution in [1.82, 2.24) is 9.97 Å². The van der Waals surface area contributed by atoms with E-state index in [1.807, 2.05) is 6.92 Å². The molecule has 5 nitrogen and oxygen atoms in total. The summed E-state index contributed by atoms with van der Waals surface area (Å²) >= 11 is 0. The molecule has 3 rings (SSSR count). The maximum Gasteiger partial charge on any atom is 0.310 e. The van der Waals surface area contributed by atoms with E-state index < -0.39 is 28.3 Å². The molecule has 1 unspecified atom stereocenters. The third-order valence-corrected chi connectivity index (χ3v) is 7.70. The number of aromatic nitrogens is 2. The number of hydrogen-bond acceptors (Lipinski definition) is 5. The van der Waals surface area contributed by atoms with Crippen LogP contribution >= 0.6 is 17.4 Å². The normalized spacial score (nSPS) is 15.6. The number of nitrogens with one attached hydrogen (secondary N) is 2. The Morgan fingerprint density at radius 2 is 1.73 bits per heavy atom. The summed E-state index contributed by atoms with van der Waals surface area (Å²) in [5, 5.41) is 7.31. The van der Waals surface area contributed by atoms with E-state index in [0.717, 1.165) is 6.07 Å². The van der Waals surface area contributed by atoms with Gasteiger partial charge in [-0.15, -0.1) is 0 Å². The SMILES string of the molecule is CCNc1cc2nc(C)nc(NC(C)c3cccc(S(F)(F)(F)(F)F)c3)c2cc1P(C)(C)=O. The zero-order valence-corrected chi connectivity index (χ0v) is 20.5. The van der Waals surface area contributed by atoms with Gasteiger partial charge in [0, 0.05) is 22.9 Å². The Morgan fingerprint density at radius 1 is 1.06 bits per heavy atom. The minimum atomic E-state index is -9.81. The van der Waals surface area contributed by atoms with Crippen LogP contribution in [-0.4, -0.2) is 29.8 Å². The molecule has 0 radical (unpaired) electrons. The minimum Gasteiger partial charge on any atom is -0.385 e.